The Morgan fingerprint density at radius 1 is 1.00 bits per heavy atom. The van der Waals surface area contributed by atoms with Crippen LogP contribution in [0.15, 0.2) is 35.2 Å². The largest absolute Gasteiger partial charge is 0.390 e. The summed E-state index contributed by atoms with van der Waals surface area (Å²) in [6.07, 6.45) is -3.45. The molecule has 1 aliphatic rings. The molecule has 1 saturated heterocycles. The predicted molar refractivity (Wildman–Crippen MR) is 99.6 cm³/mol. The molecule has 168 valence electrons. The van der Waals surface area contributed by atoms with Crippen molar-refractivity contribution in [2.24, 2.45) is 0 Å². The third kappa shape index (κ3) is 4.86. The van der Waals surface area contributed by atoms with Gasteiger partial charge in [0.1, 0.15) is 16.9 Å². The number of amides is 1. The van der Waals surface area contributed by atoms with Gasteiger partial charge >= 0.3 is 0 Å². The highest BCUT2D eigenvalue weighted by Crippen LogP contribution is 2.25. The Kier molecular flexibility index (Phi) is 6.62. The zero-order chi connectivity index (χ0) is 22.9. The number of hydrogen-bond acceptors (Lipinski definition) is 4. The Morgan fingerprint density at radius 3 is 2.26 bits per heavy atom. The van der Waals surface area contributed by atoms with Gasteiger partial charge in [0.2, 0.25) is 10.0 Å². The number of rotatable bonds is 4. The monoisotopic (exact) mass is 464 g/mol. The zero-order valence-corrected chi connectivity index (χ0v) is 16.6. The summed E-state index contributed by atoms with van der Waals surface area (Å²) in [4.78, 5) is 11.5. The number of nitrogens with zero attached hydrogens (tertiary/aromatic N) is 1. The normalized spacial score (nSPS) is 20.3. The molecule has 2 atom stereocenters. The van der Waals surface area contributed by atoms with E-state index in [1.807, 2.05) is 0 Å². The lowest BCUT2D eigenvalue weighted by Crippen LogP contribution is -2.33. The Bertz CT molecular complexity index is 1080. The van der Waals surface area contributed by atoms with Crippen molar-refractivity contribution in [1.29, 1.82) is 0 Å². The summed E-state index contributed by atoms with van der Waals surface area (Å²) < 4.78 is 94.1. The van der Waals surface area contributed by atoms with Crippen molar-refractivity contribution in [2.75, 3.05) is 18.4 Å². The van der Waals surface area contributed by atoms with E-state index in [4.69, 9.17) is 0 Å². The molecule has 0 aromatic heterocycles. The summed E-state index contributed by atoms with van der Waals surface area (Å²) in [5.41, 5.74) is -0.797. The number of nitrogens with one attached hydrogen (secondary N) is 1. The fourth-order valence-corrected chi connectivity index (χ4v) is 4.64. The molecular formula is C19H17F5N2O4S. The Labute approximate surface area is 174 Å². The van der Waals surface area contributed by atoms with Gasteiger partial charge in [0, 0.05) is 36.5 Å². The van der Waals surface area contributed by atoms with Gasteiger partial charge in [-0.1, -0.05) is 0 Å². The van der Waals surface area contributed by atoms with E-state index < -0.39 is 62.1 Å². The SMILES string of the molecule is O=C(Nc1cc(F)c(F)c(F)c1)c1ccc(F)c(S(=O)(=O)N2CCC(O)C(F)CC2)c1. The maximum absolute atomic E-state index is 14.3. The summed E-state index contributed by atoms with van der Waals surface area (Å²) in [6, 6.07) is 3.44. The molecule has 1 heterocycles. The van der Waals surface area contributed by atoms with Crippen LogP contribution in [0.5, 0.6) is 0 Å². The molecule has 1 aliphatic heterocycles. The first-order valence-electron chi connectivity index (χ1n) is 9.08. The topological polar surface area (TPSA) is 86.7 Å². The molecule has 0 saturated carbocycles. The fraction of sp³-hybridized carbons (Fsp3) is 0.316. The Balaban J connectivity index is 1.88. The van der Waals surface area contributed by atoms with Crippen LogP contribution in [-0.4, -0.2) is 49.1 Å². The van der Waals surface area contributed by atoms with Gasteiger partial charge in [0.05, 0.1) is 6.10 Å². The fourth-order valence-electron chi connectivity index (χ4n) is 3.08. The molecule has 0 radical (unpaired) electrons. The van der Waals surface area contributed by atoms with Gasteiger partial charge in [-0.05, 0) is 31.0 Å². The minimum absolute atomic E-state index is 0.191. The molecule has 0 spiro atoms. The van der Waals surface area contributed by atoms with Gasteiger partial charge in [0.15, 0.2) is 17.5 Å². The highest BCUT2D eigenvalue weighted by atomic mass is 32.2. The minimum Gasteiger partial charge on any atom is -0.390 e. The van der Waals surface area contributed by atoms with Crippen molar-refractivity contribution >= 4 is 21.6 Å². The summed E-state index contributed by atoms with van der Waals surface area (Å²) in [6.45, 7) is -0.557. The van der Waals surface area contributed by atoms with Crippen LogP contribution in [0.3, 0.4) is 0 Å². The van der Waals surface area contributed by atoms with E-state index in [0.29, 0.717) is 12.1 Å². The lowest BCUT2D eigenvalue weighted by Gasteiger charge is -2.20. The molecule has 12 heteroatoms. The first kappa shape index (κ1) is 23.1. The van der Waals surface area contributed by atoms with E-state index in [-0.39, 0.29) is 31.5 Å². The number of carbonyl (C=O) groups excluding carboxylic acids is 1. The molecule has 0 aliphatic carbocycles. The van der Waals surface area contributed by atoms with Crippen LogP contribution in [0, 0.1) is 23.3 Å². The van der Waals surface area contributed by atoms with Gasteiger partial charge in [-0.3, -0.25) is 4.79 Å². The average Bonchev–Trinajstić information content (AvgIpc) is 2.88. The lowest BCUT2D eigenvalue weighted by molar-refractivity contribution is 0.0757. The number of aliphatic hydroxyl groups excluding tert-OH is 1. The number of hydrogen-bond donors (Lipinski definition) is 2. The molecular weight excluding hydrogens is 447 g/mol. The van der Waals surface area contributed by atoms with Gasteiger partial charge in [-0.25, -0.2) is 30.4 Å². The van der Waals surface area contributed by atoms with Crippen molar-refractivity contribution in [3.8, 4) is 0 Å². The molecule has 2 aromatic rings. The van der Waals surface area contributed by atoms with Crippen molar-refractivity contribution in [2.45, 2.75) is 30.0 Å². The number of benzene rings is 2. The first-order valence-corrected chi connectivity index (χ1v) is 10.5. The summed E-state index contributed by atoms with van der Waals surface area (Å²) in [5.74, 6) is -7.03. The third-order valence-corrected chi connectivity index (χ3v) is 6.71. The molecule has 3 rings (SSSR count). The third-order valence-electron chi connectivity index (χ3n) is 4.80. The highest BCUT2D eigenvalue weighted by molar-refractivity contribution is 7.89. The number of alkyl halides is 1. The number of sulfonamides is 1. The van der Waals surface area contributed by atoms with Crippen LogP contribution in [0.25, 0.3) is 0 Å². The minimum atomic E-state index is -4.48. The van der Waals surface area contributed by atoms with Gasteiger partial charge in [-0.2, -0.15) is 4.31 Å². The van der Waals surface area contributed by atoms with E-state index >= 15 is 0 Å². The second kappa shape index (κ2) is 8.89. The molecule has 31 heavy (non-hydrogen) atoms. The first-order chi connectivity index (χ1) is 14.5. The Hall–Kier alpha value is -2.57. The number of halogens is 5. The van der Waals surface area contributed by atoms with Crippen LogP contribution in [0.4, 0.5) is 27.6 Å². The van der Waals surface area contributed by atoms with E-state index in [1.165, 1.54) is 0 Å². The molecule has 0 bridgehead atoms. The quantitative estimate of drug-likeness (QED) is 0.538. The molecule has 1 fully saturated rings. The molecule has 2 N–H and O–H groups in total. The summed E-state index contributed by atoms with van der Waals surface area (Å²) in [5, 5.41) is 11.6. The van der Waals surface area contributed by atoms with E-state index in [9.17, 15) is 40.3 Å². The van der Waals surface area contributed by atoms with E-state index in [1.54, 1.807) is 0 Å². The van der Waals surface area contributed by atoms with Crippen molar-refractivity contribution < 1.29 is 40.3 Å². The maximum Gasteiger partial charge on any atom is 0.255 e. The number of carbonyl (C=O) groups is 1. The van der Waals surface area contributed by atoms with E-state index in [2.05, 4.69) is 5.32 Å². The second-order valence-corrected chi connectivity index (χ2v) is 8.82. The van der Waals surface area contributed by atoms with Crippen molar-refractivity contribution in [3.05, 3.63) is 59.2 Å². The van der Waals surface area contributed by atoms with Crippen molar-refractivity contribution in [3.63, 3.8) is 0 Å². The molecule has 2 unspecified atom stereocenters. The van der Waals surface area contributed by atoms with Crippen LogP contribution in [0.1, 0.15) is 23.2 Å². The highest BCUT2D eigenvalue weighted by Gasteiger charge is 2.33. The molecule has 1 amide bonds. The van der Waals surface area contributed by atoms with Gasteiger partial charge in [0.25, 0.3) is 5.91 Å². The summed E-state index contributed by atoms with van der Waals surface area (Å²) >= 11 is 0. The second-order valence-electron chi connectivity index (χ2n) is 6.92. The van der Waals surface area contributed by atoms with E-state index in [0.717, 1.165) is 22.5 Å². The zero-order valence-electron chi connectivity index (χ0n) is 15.8. The van der Waals surface area contributed by atoms with Crippen LogP contribution >= 0.6 is 0 Å². The summed E-state index contributed by atoms with van der Waals surface area (Å²) in [7, 11) is -4.48. The maximum atomic E-state index is 14.3. The van der Waals surface area contributed by atoms with Crippen molar-refractivity contribution in [1.82, 2.24) is 4.31 Å². The van der Waals surface area contributed by atoms with Crippen LogP contribution < -0.4 is 5.32 Å². The lowest BCUT2D eigenvalue weighted by atomic mass is 10.1. The van der Waals surface area contributed by atoms with Crippen LogP contribution in [-0.2, 0) is 10.0 Å². The van der Waals surface area contributed by atoms with Crippen LogP contribution in [0.2, 0.25) is 0 Å². The molecule has 2 aromatic carbocycles. The van der Waals surface area contributed by atoms with Gasteiger partial charge in [-0.15, -0.1) is 0 Å². The molecule has 6 nitrogen and oxygen atoms in total. The number of anilines is 1. The Morgan fingerprint density at radius 2 is 1.61 bits per heavy atom. The smallest absolute Gasteiger partial charge is 0.255 e. The average molecular weight is 464 g/mol. The standard InChI is InChI=1S/C19H17F5N2O4S/c20-12-3-5-26(6-4-16(12)27)31(29,30)17-7-10(1-2-13(17)21)19(28)25-11-8-14(22)18(24)15(23)9-11/h1-2,7-9,12,16,27H,3-6H2,(H,25,28). The predicted octanol–water partition coefficient (Wildman–Crippen LogP) is 2.98. The van der Waals surface area contributed by atoms with Gasteiger partial charge < -0.3 is 10.4 Å². The number of aliphatic hydroxyl groups is 1.